The Kier molecular flexibility index (Phi) is 4.94. The van der Waals surface area contributed by atoms with Crippen molar-refractivity contribution in [3.8, 4) is 5.75 Å². The third kappa shape index (κ3) is 3.80. The molecule has 1 fully saturated rings. The largest absolute Gasteiger partial charge is 0.497 e. The predicted molar refractivity (Wildman–Crippen MR) is 79.1 cm³/mol. The minimum Gasteiger partial charge on any atom is -0.497 e. The van der Waals surface area contributed by atoms with Crippen LogP contribution >= 0.6 is 0 Å². The lowest BCUT2D eigenvalue weighted by molar-refractivity contribution is -0.484. The van der Waals surface area contributed by atoms with Crippen molar-refractivity contribution < 1.29 is 14.5 Å². The van der Waals surface area contributed by atoms with Gasteiger partial charge in [0.2, 0.25) is 6.54 Å². The van der Waals surface area contributed by atoms with Crippen LogP contribution in [0.1, 0.15) is 37.7 Å². The van der Waals surface area contributed by atoms with Crippen molar-refractivity contribution in [3.05, 3.63) is 39.9 Å². The van der Waals surface area contributed by atoms with Gasteiger partial charge in [-0.1, -0.05) is 19.1 Å². The van der Waals surface area contributed by atoms with E-state index in [1.54, 1.807) is 19.2 Å². The van der Waals surface area contributed by atoms with Gasteiger partial charge in [-0.15, -0.1) is 0 Å². The maximum Gasteiger partial charge on any atom is 0.211 e. The van der Waals surface area contributed by atoms with E-state index in [0.29, 0.717) is 18.1 Å². The summed E-state index contributed by atoms with van der Waals surface area (Å²) in [5.74, 6) is 0.728. The molecule has 3 atom stereocenters. The van der Waals surface area contributed by atoms with E-state index >= 15 is 0 Å². The number of rotatable bonds is 5. The number of ether oxygens (including phenoxy) is 1. The van der Waals surface area contributed by atoms with Crippen LogP contribution in [0.25, 0.3) is 0 Å². The molecule has 1 aliphatic carbocycles. The lowest BCUT2D eigenvalue weighted by Gasteiger charge is -2.30. The number of nitrogens with zero attached hydrogens (tertiary/aromatic N) is 1. The van der Waals surface area contributed by atoms with E-state index in [-0.39, 0.29) is 29.1 Å². The highest BCUT2D eigenvalue weighted by molar-refractivity contribution is 5.82. The third-order valence-corrected chi connectivity index (χ3v) is 4.33. The summed E-state index contributed by atoms with van der Waals surface area (Å²) in [5, 5.41) is 11.0. The van der Waals surface area contributed by atoms with Gasteiger partial charge in [-0.2, -0.15) is 0 Å². The Hall–Kier alpha value is -1.91. The Morgan fingerprint density at radius 3 is 2.62 bits per heavy atom. The van der Waals surface area contributed by atoms with Gasteiger partial charge in [0.1, 0.15) is 11.5 Å². The zero-order valence-electron chi connectivity index (χ0n) is 12.5. The molecule has 114 valence electrons. The van der Waals surface area contributed by atoms with Gasteiger partial charge in [0.15, 0.2) is 0 Å². The van der Waals surface area contributed by atoms with Crippen LogP contribution in [0.5, 0.6) is 5.75 Å². The summed E-state index contributed by atoms with van der Waals surface area (Å²) in [6.45, 7) is 1.91. The van der Waals surface area contributed by atoms with Crippen LogP contribution in [0.2, 0.25) is 0 Å². The van der Waals surface area contributed by atoms with Gasteiger partial charge in [-0.3, -0.25) is 14.9 Å². The van der Waals surface area contributed by atoms with Gasteiger partial charge < -0.3 is 4.74 Å². The molecule has 1 aromatic carbocycles. The lowest BCUT2D eigenvalue weighted by atomic mass is 9.72. The number of ketones is 1. The van der Waals surface area contributed by atoms with Crippen LogP contribution in [-0.2, 0) is 4.79 Å². The van der Waals surface area contributed by atoms with E-state index in [9.17, 15) is 14.9 Å². The quantitative estimate of drug-likeness (QED) is 0.617. The molecule has 5 heteroatoms. The molecule has 1 aliphatic rings. The average Bonchev–Trinajstić information content (AvgIpc) is 2.47. The van der Waals surface area contributed by atoms with E-state index in [0.717, 1.165) is 18.4 Å². The molecule has 0 amide bonds. The number of nitro groups is 1. The highest BCUT2D eigenvalue weighted by Crippen LogP contribution is 2.37. The van der Waals surface area contributed by atoms with Gasteiger partial charge in [-0.05, 0) is 36.5 Å². The van der Waals surface area contributed by atoms with Gasteiger partial charge >= 0.3 is 0 Å². The van der Waals surface area contributed by atoms with Crippen LogP contribution < -0.4 is 4.74 Å². The monoisotopic (exact) mass is 291 g/mol. The maximum atomic E-state index is 12.2. The fraction of sp³-hybridized carbons (Fsp3) is 0.562. The number of carbonyl (C=O) groups excluding carboxylic acids is 1. The molecular weight excluding hydrogens is 270 g/mol. The average molecular weight is 291 g/mol. The number of carbonyl (C=O) groups is 1. The summed E-state index contributed by atoms with van der Waals surface area (Å²) in [4.78, 5) is 22.9. The fourth-order valence-corrected chi connectivity index (χ4v) is 3.12. The van der Waals surface area contributed by atoms with Crippen molar-refractivity contribution in [1.82, 2.24) is 0 Å². The second-order valence-electron chi connectivity index (χ2n) is 5.85. The van der Waals surface area contributed by atoms with E-state index < -0.39 is 0 Å². The first kappa shape index (κ1) is 15.5. The van der Waals surface area contributed by atoms with Gasteiger partial charge in [0.05, 0.1) is 13.0 Å². The summed E-state index contributed by atoms with van der Waals surface area (Å²) in [7, 11) is 1.58. The first-order valence-corrected chi connectivity index (χ1v) is 7.29. The normalized spacial score (nSPS) is 23.6. The summed E-state index contributed by atoms with van der Waals surface area (Å²) < 4.78 is 5.11. The topological polar surface area (TPSA) is 69.4 Å². The van der Waals surface area contributed by atoms with E-state index in [4.69, 9.17) is 4.74 Å². The predicted octanol–water partition coefficient (Wildman–Crippen LogP) is 3.06. The Balaban J connectivity index is 2.27. The highest BCUT2D eigenvalue weighted by atomic mass is 16.6. The van der Waals surface area contributed by atoms with Crippen molar-refractivity contribution in [2.75, 3.05) is 13.7 Å². The molecule has 0 aliphatic heterocycles. The fourth-order valence-electron chi connectivity index (χ4n) is 3.12. The molecule has 5 nitrogen and oxygen atoms in total. The number of methoxy groups -OCH3 is 1. The third-order valence-electron chi connectivity index (χ3n) is 4.33. The second kappa shape index (κ2) is 6.70. The molecule has 21 heavy (non-hydrogen) atoms. The zero-order valence-corrected chi connectivity index (χ0v) is 12.5. The summed E-state index contributed by atoms with van der Waals surface area (Å²) in [6, 6.07) is 7.25. The molecule has 0 N–H and O–H groups in total. The van der Waals surface area contributed by atoms with E-state index in [1.165, 1.54) is 0 Å². The van der Waals surface area contributed by atoms with Gasteiger partial charge in [0, 0.05) is 17.3 Å². The minimum atomic E-state index is -0.346. The molecule has 1 saturated carbocycles. The molecular formula is C16H21NO4. The lowest BCUT2D eigenvalue weighted by Crippen LogP contribution is -2.32. The van der Waals surface area contributed by atoms with Crippen LogP contribution in [0, 0.1) is 22.0 Å². The maximum absolute atomic E-state index is 12.2. The Labute approximate surface area is 124 Å². The molecule has 2 rings (SSSR count). The molecule has 0 bridgehead atoms. The molecule has 0 aromatic heterocycles. The van der Waals surface area contributed by atoms with Crippen molar-refractivity contribution in [1.29, 1.82) is 0 Å². The SMILES string of the molecule is COc1ccc([C@H](C[N+](=O)[O-])[C@@H]2C[C@@H](C)CCC2=O)cc1. The number of hydrogen-bond acceptors (Lipinski definition) is 4. The molecule has 0 saturated heterocycles. The number of hydrogen-bond donors (Lipinski definition) is 0. The van der Waals surface area contributed by atoms with Crippen molar-refractivity contribution in [2.24, 2.45) is 11.8 Å². The van der Waals surface area contributed by atoms with Crippen LogP contribution in [0.4, 0.5) is 0 Å². The Morgan fingerprint density at radius 2 is 2.05 bits per heavy atom. The van der Waals surface area contributed by atoms with Crippen molar-refractivity contribution >= 4 is 5.78 Å². The first-order valence-electron chi connectivity index (χ1n) is 7.29. The standard InChI is InChI=1S/C16H21NO4/c1-11-3-8-16(18)14(9-11)15(10-17(19)20)12-4-6-13(21-2)7-5-12/h4-7,11,14-15H,3,8-10H2,1-2H3/t11-,14-,15-/m0/s1. The molecule has 1 aromatic rings. The summed E-state index contributed by atoms with van der Waals surface area (Å²) in [5.41, 5.74) is 0.847. The molecule has 0 unspecified atom stereocenters. The van der Waals surface area contributed by atoms with Gasteiger partial charge in [0.25, 0.3) is 0 Å². The first-order chi connectivity index (χ1) is 10.0. The number of Topliss-reactive ketones (excluding diaryl/α,β-unsaturated/α-hetero) is 1. The van der Waals surface area contributed by atoms with Crippen molar-refractivity contribution in [2.45, 2.75) is 32.1 Å². The highest BCUT2D eigenvalue weighted by Gasteiger charge is 2.36. The zero-order chi connectivity index (χ0) is 15.4. The van der Waals surface area contributed by atoms with Crippen LogP contribution in [0.3, 0.4) is 0 Å². The van der Waals surface area contributed by atoms with E-state index in [1.807, 2.05) is 12.1 Å². The molecule has 0 heterocycles. The molecule has 0 spiro atoms. The van der Waals surface area contributed by atoms with Gasteiger partial charge in [-0.25, -0.2) is 0 Å². The smallest absolute Gasteiger partial charge is 0.211 e. The minimum absolute atomic E-state index is 0.163. The Morgan fingerprint density at radius 1 is 1.38 bits per heavy atom. The summed E-state index contributed by atoms with van der Waals surface area (Å²) >= 11 is 0. The summed E-state index contributed by atoms with van der Waals surface area (Å²) in [6.07, 6.45) is 2.17. The Bertz CT molecular complexity index is 512. The van der Waals surface area contributed by atoms with Crippen LogP contribution in [-0.4, -0.2) is 24.4 Å². The van der Waals surface area contributed by atoms with E-state index in [2.05, 4.69) is 6.92 Å². The molecule has 0 radical (unpaired) electrons. The van der Waals surface area contributed by atoms with Crippen molar-refractivity contribution in [3.63, 3.8) is 0 Å². The second-order valence-corrected chi connectivity index (χ2v) is 5.85. The van der Waals surface area contributed by atoms with Crippen LogP contribution in [0.15, 0.2) is 24.3 Å². The number of benzene rings is 1.